The molecule has 1 atom stereocenters. The van der Waals surface area contributed by atoms with E-state index in [2.05, 4.69) is 33.2 Å². The zero-order chi connectivity index (χ0) is 17.2. The number of nitrogens with one attached hydrogen (secondary N) is 1. The second-order valence-electron chi connectivity index (χ2n) is 5.72. The molecule has 0 aliphatic rings. The van der Waals surface area contributed by atoms with Crippen molar-refractivity contribution in [1.29, 1.82) is 0 Å². The minimum absolute atomic E-state index is 0.167. The minimum Gasteiger partial charge on any atom is -0.497 e. The molecule has 0 aliphatic carbocycles. The third kappa shape index (κ3) is 3.38. The number of alkyl halides is 1. The van der Waals surface area contributed by atoms with Crippen molar-refractivity contribution in [2.45, 2.75) is 11.8 Å². The Bertz CT molecular complexity index is 1010. The van der Waals surface area contributed by atoms with Gasteiger partial charge in [-0.25, -0.2) is 9.97 Å². The first kappa shape index (κ1) is 16.1. The summed E-state index contributed by atoms with van der Waals surface area (Å²) in [5.41, 5.74) is 4.22. The van der Waals surface area contributed by atoms with E-state index in [-0.39, 0.29) is 5.38 Å². The van der Waals surface area contributed by atoms with Crippen LogP contribution in [0, 0.1) is 0 Å². The molecule has 6 heteroatoms. The molecule has 0 spiro atoms. The first-order valence-electron chi connectivity index (χ1n) is 7.89. The van der Waals surface area contributed by atoms with Crippen LogP contribution < -0.4 is 4.74 Å². The number of thiazole rings is 1. The second-order valence-corrected chi connectivity index (χ2v) is 7.31. The summed E-state index contributed by atoms with van der Waals surface area (Å²) in [5.74, 6) is 0.841. The van der Waals surface area contributed by atoms with Crippen LogP contribution in [0.25, 0.3) is 21.5 Å². The van der Waals surface area contributed by atoms with E-state index in [1.54, 1.807) is 24.8 Å². The van der Waals surface area contributed by atoms with Gasteiger partial charge in [0.25, 0.3) is 0 Å². The molecule has 2 aromatic carbocycles. The van der Waals surface area contributed by atoms with E-state index < -0.39 is 0 Å². The molecular formula is C19H16ClN3OS. The molecule has 2 aromatic heterocycles. The van der Waals surface area contributed by atoms with Crippen molar-refractivity contribution in [3.05, 3.63) is 65.6 Å². The SMILES string of the molecule is COc1cccc(CC(Cl)c2ncc(-c3ccc4[nH]cnc4c3)s2)c1. The molecule has 0 radical (unpaired) electrons. The van der Waals surface area contributed by atoms with Gasteiger partial charge in [-0.05, 0) is 41.8 Å². The van der Waals surface area contributed by atoms with E-state index in [0.717, 1.165) is 37.8 Å². The molecule has 1 unspecified atom stereocenters. The molecule has 4 nitrogen and oxygen atoms in total. The Balaban J connectivity index is 1.55. The monoisotopic (exact) mass is 369 g/mol. The lowest BCUT2D eigenvalue weighted by Gasteiger charge is -2.08. The van der Waals surface area contributed by atoms with E-state index in [1.165, 1.54) is 0 Å². The van der Waals surface area contributed by atoms with Crippen molar-refractivity contribution in [3.8, 4) is 16.2 Å². The zero-order valence-corrected chi connectivity index (χ0v) is 15.1. The average molecular weight is 370 g/mol. The lowest BCUT2D eigenvalue weighted by molar-refractivity contribution is 0.414. The molecule has 0 aliphatic heterocycles. The summed E-state index contributed by atoms with van der Waals surface area (Å²) in [4.78, 5) is 13.0. The fourth-order valence-electron chi connectivity index (χ4n) is 2.74. The second kappa shape index (κ2) is 6.86. The molecule has 0 saturated heterocycles. The Morgan fingerprint density at radius 3 is 3.00 bits per heavy atom. The van der Waals surface area contributed by atoms with Crippen molar-refractivity contribution < 1.29 is 4.74 Å². The molecule has 126 valence electrons. The van der Waals surface area contributed by atoms with Crippen LogP contribution in [0.5, 0.6) is 5.75 Å². The van der Waals surface area contributed by atoms with Gasteiger partial charge in [-0.1, -0.05) is 18.2 Å². The highest BCUT2D eigenvalue weighted by Gasteiger charge is 2.15. The fraction of sp³-hybridized carbons (Fsp3) is 0.158. The van der Waals surface area contributed by atoms with Crippen molar-refractivity contribution in [3.63, 3.8) is 0 Å². The number of fused-ring (bicyclic) bond motifs is 1. The third-order valence-electron chi connectivity index (χ3n) is 4.05. The predicted molar refractivity (Wildman–Crippen MR) is 102 cm³/mol. The van der Waals surface area contributed by atoms with E-state index in [4.69, 9.17) is 16.3 Å². The number of ether oxygens (including phenoxy) is 1. The van der Waals surface area contributed by atoms with E-state index in [9.17, 15) is 0 Å². The van der Waals surface area contributed by atoms with Gasteiger partial charge in [0.15, 0.2) is 0 Å². The summed E-state index contributed by atoms with van der Waals surface area (Å²) in [6, 6.07) is 14.1. The van der Waals surface area contributed by atoms with E-state index in [1.807, 2.05) is 30.5 Å². The average Bonchev–Trinajstić information content (AvgIpc) is 3.30. The number of hydrogen-bond acceptors (Lipinski definition) is 4. The number of aromatic amines is 1. The first-order chi connectivity index (χ1) is 12.2. The molecule has 1 N–H and O–H groups in total. The smallest absolute Gasteiger partial charge is 0.119 e. The van der Waals surface area contributed by atoms with Crippen LogP contribution in [0.15, 0.2) is 55.0 Å². The molecular weight excluding hydrogens is 354 g/mol. The van der Waals surface area contributed by atoms with Crippen LogP contribution in [0.2, 0.25) is 0 Å². The Labute approximate surface area is 154 Å². The molecule has 4 aromatic rings. The van der Waals surface area contributed by atoms with Gasteiger partial charge in [-0.3, -0.25) is 0 Å². The fourth-order valence-corrected chi connectivity index (χ4v) is 4.01. The highest BCUT2D eigenvalue weighted by atomic mass is 35.5. The maximum atomic E-state index is 6.60. The Morgan fingerprint density at radius 1 is 1.20 bits per heavy atom. The van der Waals surface area contributed by atoms with Crippen LogP contribution in [0.3, 0.4) is 0 Å². The summed E-state index contributed by atoms with van der Waals surface area (Å²) in [7, 11) is 1.67. The minimum atomic E-state index is -0.167. The Kier molecular flexibility index (Phi) is 4.42. The van der Waals surface area contributed by atoms with Crippen molar-refractivity contribution in [1.82, 2.24) is 15.0 Å². The van der Waals surface area contributed by atoms with E-state index >= 15 is 0 Å². The van der Waals surface area contributed by atoms with Gasteiger partial charge >= 0.3 is 0 Å². The summed E-state index contributed by atoms with van der Waals surface area (Å²) < 4.78 is 5.27. The van der Waals surface area contributed by atoms with Gasteiger partial charge in [0, 0.05) is 6.20 Å². The van der Waals surface area contributed by atoms with Gasteiger partial charge in [0.2, 0.25) is 0 Å². The Morgan fingerprint density at radius 2 is 2.12 bits per heavy atom. The number of benzene rings is 2. The predicted octanol–water partition coefficient (Wildman–Crippen LogP) is 5.22. The maximum Gasteiger partial charge on any atom is 0.119 e. The quantitative estimate of drug-likeness (QED) is 0.491. The zero-order valence-electron chi connectivity index (χ0n) is 13.6. The number of rotatable bonds is 5. The number of nitrogens with zero attached hydrogens (tertiary/aromatic N) is 2. The highest BCUT2D eigenvalue weighted by Crippen LogP contribution is 2.34. The number of halogens is 1. The number of aromatic nitrogens is 3. The molecule has 25 heavy (non-hydrogen) atoms. The normalized spacial score (nSPS) is 12.4. The van der Waals surface area contributed by atoms with Gasteiger partial charge < -0.3 is 9.72 Å². The van der Waals surface area contributed by atoms with Gasteiger partial charge in [0.1, 0.15) is 10.8 Å². The standard InChI is InChI=1S/C19H16ClN3OS/c1-24-14-4-2-3-12(7-14)8-15(20)19-21-10-18(25-19)13-5-6-16-17(9-13)23-11-22-16/h2-7,9-11,15H,8H2,1H3,(H,22,23). The molecule has 0 saturated carbocycles. The van der Waals surface area contributed by atoms with Gasteiger partial charge in [-0.2, -0.15) is 0 Å². The van der Waals surface area contributed by atoms with E-state index in [0.29, 0.717) is 6.42 Å². The molecule has 0 bridgehead atoms. The summed E-state index contributed by atoms with van der Waals surface area (Å²) in [6.07, 6.45) is 4.30. The maximum absolute atomic E-state index is 6.60. The first-order valence-corrected chi connectivity index (χ1v) is 9.14. The lowest BCUT2D eigenvalue weighted by Crippen LogP contribution is -1.95. The lowest BCUT2D eigenvalue weighted by atomic mass is 10.1. The van der Waals surface area contributed by atoms with Crippen LogP contribution in [0.4, 0.5) is 0 Å². The van der Waals surface area contributed by atoms with Crippen molar-refractivity contribution >= 4 is 34.0 Å². The van der Waals surface area contributed by atoms with Crippen LogP contribution in [0.1, 0.15) is 15.9 Å². The topological polar surface area (TPSA) is 50.8 Å². The summed E-state index contributed by atoms with van der Waals surface area (Å²) in [6.45, 7) is 0. The van der Waals surface area contributed by atoms with Crippen LogP contribution >= 0.6 is 22.9 Å². The largest absolute Gasteiger partial charge is 0.497 e. The van der Waals surface area contributed by atoms with Crippen molar-refractivity contribution in [2.24, 2.45) is 0 Å². The highest BCUT2D eigenvalue weighted by molar-refractivity contribution is 7.15. The number of hydrogen-bond donors (Lipinski definition) is 1. The van der Waals surface area contributed by atoms with Crippen LogP contribution in [-0.4, -0.2) is 22.1 Å². The van der Waals surface area contributed by atoms with Gasteiger partial charge in [0.05, 0.1) is 34.7 Å². The molecule has 0 fully saturated rings. The van der Waals surface area contributed by atoms with Crippen LogP contribution in [-0.2, 0) is 6.42 Å². The molecule has 4 rings (SSSR count). The summed E-state index contributed by atoms with van der Waals surface area (Å²) >= 11 is 8.23. The van der Waals surface area contributed by atoms with Gasteiger partial charge in [-0.15, -0.1) is 22.9 Å². The van der Waals surface area contributed by atoms with Crippen molar-refractivity contribution in [2.75, 3.05) is 7.11 Å². The number of imidazole rings is 1. The number of methoxy groups -OCH3 is 1. The number of H-pyrrole nitrogens is 1. The third-order valence-corrected chi connectivity index (χ3v) is 5.70. The Hall–Kier alpha value is -2.37. The molecule has 2 heterocycles. The summed E-state index contributed by atoms with van der Waals surface area (Å²) in [5, 5.41) is 0.751. The molecule has 0 amide bonds.